The fourth-order valence-corrected chi connectivity index (χ4v) is 4.28. The number of carbonyl (C=O) groups excluding carboxylic acids is 1. The first-order valence-corrected chi connectivity index (χ1v) is 8.26. The highest BCUT2D eigenvalue weighted by molar-refractivity contribution is 5.94. The Bertz CT molecular complexity index is 566. The summed E-state index contributed by atoms with van der Waals surface area (Å²) in [5, 5.41) is 10.7. The summed E-state index contributed by atoms with van der Waals surface area (Å²) < 4.78 is 0. The van der Waals surface area contributed by atoms with Crippen LogP contribution in [-0.2, 0) is 13.0 Å². The average molecular weight is 325 g/mol. The van der Waals surface area contributed by atoms with E-state index >= 15 is 0 Å². The van der Waals surface area contributed by atoms with Gasteiger partial charge < -0.3 is 10.2 Å². The predicted molar refractivity (Wildman–Crippen MR) is 87.2 cm³/mol. The molecule has 122 valence electrons. The van der Waals surface area contributed by atoms with E-state index in [1.54, 1.807) is 0 Å². The summed E-state index contributed by atoms with van der Waals surface area (Å²) in [5.41, 5.74) is 3.29. The first-order chi connectivity index (χ1) is 10.2. The number of fused-ring (bicyclic) bond motifs is 1. The average Bonchev–Trinajstić information content (AvgIpc) is 2.89. The van der Waals surface area contributed by atoms with E-state index in [9.17, 15) is 4.79 Å². The lowest BCUT2D eigenvalue weighted by Crippen LogP contribution is -2.53. The Morgan fingerprint density at radius 3 is 2.95 bits per heavy atom. The zero-order valence-corrected chi connectivity index (χ0v) is 14.0. The van der Waals surface area contributed by atoms with Gasteiger partial charge in [0.05, 0.1) is 0 Å². The molecule has 1 saturated carbocycles. The van der Waals surface area contributed by atoms with Crippen molar-refractivity contribution in [3.8, 4) is 0 Å². The first-order valence-electron chi connectivity index (χ1n) is 8.26. The van der Waals surface area contributed by atoms with Gasteiger partial charge in [-0.3, -0.25) is 9.89 Å². The molecule has 3 aliphatic rings. The molecule has 0 radical (unpaired) electrons. The third-order valence-electron chi connectivity index (χ3n) is 6.03. The molecule has 4 rings (SSSR count). The Morgan fingerprint density at radius 2 is 2.23 bits per heavy atom. The highest BCUT2D eigenvalue weighted by atomic mass is 35.5. The van der Waals surface area contributed by atoms with Crippen LogP contribution in [0.3, 0.4) is 0 Å². The maximum absolute atomic E-state index is 12.9. The third kappa shape index (κ3) is 2.35. The summed E-state index contributed by atoms with van der Waals surface area (Å²) >= 11 is 0. The molecule has 1 atom stereocenters. The SMILES string of the molecule is CC1CCN(C(=O)c2n[nH]c3c2CNCC3)CC12CCC2.Cl. The van der Waals surface area contributed by atoms with Gasteiger partial charge in [-0.2, -0.15) is 5.10 Å². The molecule has 0 aromatic carbocycles. The smallest absolute Gasteiger partial charge is 0.274 e. The van der Waals surface area contributed by atoms with Gasteiger partial charge in [-0.1, -0.05) is 13.3 Å². The molecule has 1 spiro atoms. The molecule has 1 aromatic heterocycles. The van der Waals surface area contributed by atoms with E-state index in [2.05, 4.69) is 27.3 Å². The lowest BCUT2D eigenvalue weighted by Gasteiger charge is -2.53. The highest BCUT2D eigenvalue weighted by Crippen LogP contribution is 2.51. The van der Waals surface area contributed by atoms with Gasteiger partial charge in [-0.05, 0) is 30.6 Å². The topological polar surface area (TPSA) is 61.0 Å². The molecular formula is C16H25ClN4O. The quantitative estimate of drug-likeness (QED) is 0.832. The van der Waals surface area contributed by atoms with Crippen LogP contribution in [0, 0.1) is 11.3 Å². The molecule has 1 aliphatic carbocycles. The highest BCUT2D eigenvalue weighted by Gasteiger charge is 2.46. The molecule has 1 aromatic rings. The van der Waals surface area contributed by atoms with E-state index in [-0.39, 0.29) is 18.3 Å². The van der Waals surface area contributed by atoms with Gasteiger partial charge in [0.2, 0.25) is 0 Å². The third-order valence-corrected chi connectivity index (χ3v) is 6.03. The molecule has 2 N–H and O–H groups in total. The van der Waals surface area contributed by atoms with Gasteiger partial charge in [0, 0.05) is 43.9 Å². The van der Waals surface area contributed by atoms with E-state index < -0.39 is 0 Å². The molecule has 22 heavy (non-hydrogen) atoms. The van der Waals surface area contributed by atoms with Gasteiger partial charge in [0.15, 0.2) is 5.69 Å². The Kier molecular flexibility index (Phi) is 4.21. The van der Waals surface area contributed by atoms with Crippen molar-refractivity contribution in [2.75, 3.05) is 19.6 Å². The van der Waals surface area contributed by atoms with Crippen LogP contribution in [0.1, 0.15) is 54.4 Å². The minimum Gasteiger partial charge on any atom is -0.337 e. The van der Waals surface area contributed by atoms with Crippen LogP contribution >= 0.6 is 12.4 Å². The number of hydrogen-bond acceptors (Lipinski definition) is 3. The normalized spacial score (nSPS) is 26.0. The Balaban J connectivity index is 0.00000144. The molecule has 2 aliphatic heterocycles. The number of halogens is 1. The van der Waals surface area contributed by atoms with Crippen LogP contribution in [0.5, 0.6) is 0 Å². The van der Waals surface area contributed by atoms with Crippen molar-refractivity contribution in [3.63, 3.8) is 0 Å². The van der Waals surface area contributed by atoms with Crippen LogP contribution in [0.15, 0.2) is 0 Å². The number of aromatic amines is 1. The summed E-state index contributed by atoms with van der Waals surface area (Å²) in [6.07, 6.45) is 5.98. The summed E-state index contributed by atoms with van der Waals surface area (Å²) in [6.45, 7) is 5.91. The summed E-state index contributed by atoms with van der Waals surface area (Å²) in [5.74, 6) is 0.888. The number of nitrogens with zero attached hydrogens (tertiary/aromatic N) is 2. The number of nitrogens with one attached hydrogen (secondary N) is 2. The van der Waals surface area contributed by atoms with Crippen LogP contribution in [0.2, 0.25) is 0 Å². The maximum atomic E-state index is 12.9. The number of likely N-dealkylation sites (tertiary alicyclic amines) is 1. The zero-order chi connectivity index (χ0) is 14.4. The number of H-pyrrole nitrogens is 1. The summed E-state index contributed by atoms with van der Waals surface area (Å²) in [4.78, 5) is 14.9. The number of hydrogen-bond donors (Lipinski definition) is 2. The summed E-state index contributed by atoms with van der Waals surface area (Å²) in [6, 6.07) is 0. The van der Waals surface area contributed by atoms with Crippen LogP contribution in [0.4, 0.5) is 0 Å². The Labute approximate surface area is 137 Å². The van der Waals surface area contributed by atoms with E-state index in [1.165, 1.54) is 19.3 Å². The van der Waals surface area contributed by atoms with E-state index in [0.717, 1.165) is 56.2 Å². The maximum Gasteiger partial charge on any atom is 0.274 e. The van der Waals surface area contributed by atoms with Crippen molar-refractivity contribution in [1.29, 1.82) is 0 Å². The van der Waals surface area contributed by atoms with Gasteiger partial charge in [0.1, 0.15) is 0 Å². The lowest BCUT2D eigenvalue weighted by molar-refractivity contribution is -0.0210. The molecule has 1 unspecified atom stereocenters. The van der Waals surface area contributed by atoms with Crippen LogP contribution in [0.25, 0.3) is 0 Å². The molecule has 1 amide bonds. The number of rotatable bonds is 1. The molecule has 6 heteroatoms. The second kappa shape index (κ2) is 5.85. The van der Waals surface area contributed by atoms with Crippen LogP contribution < -0.4 is 5.32 Å². The number of aromatic nitrogens is 2. The van der Waals surface area contributed by atoms with Crippen molar-refractivity contribution >= 4 is 18.3 Å². The molecule has 5 nitrogen and oxygen atoms in total. The standard InChI is InChI=1S/C16H24N4O.ClH/c1-11-4-8-20(10-16(11)5-2-6-16)15(21)14-12-9-17-7-3-13(12)18-19-14;/h11,17H,2-10H2,1H3,(H,18,19);1H. The van der Waals surface area contributed by atoms with Crippen molar-refractivity contribution < 1.29 is 4.79 Å². The predicted octanol–water partition coefficient (Wildman–Crippen LogP) is 2.13. The van der Waals surface area contributed by atoms with Gasteiger partial charge >= 0.3 is 0 Å². The van der Waals surface area contributed by atoms with Crippen molar-refractivity contribution in [2.24, 2.45) is 11.3 Å². The zero-order valence-electron chi connectivity index (χ0n) is 13.2. The van der Waals surface area contributed by atoms with E-state index in [1.807, 2.05) is 0 Å². The monoisotopic (exact) mass is 324 g/mol. The second-order valence-electron chi connectivity index (χ2n) is 7.09. The van der Waals surface area contributed by atoms with Crippen molar-refractivity contribution in [1.82, 2.24) is 20.4 Å². The minimum absolute atomic E-state index is 0. The van der Waals surface area contributed by atoms with E-state index in [0.29, 0.717) is 11.1 Å². The molecule has 2 fully saturated rings. The number of carbonyl (C=O) groups is 1. The Morgan fingerprint density at radius 1 is 1.41 bits per heavy atom. The molecule has 1 saturated heterocycles. The lowest BCUT2D eigenvalue weighted by atomic mass is 9.59. The van der Waals surface area contributed by atoms with Gasteiger partial charge in [-0.25, -0.2) is 0 Å². The van der Waals surface area contributed by atoms with Gasteiger partial charge in [-0.15, -0.1) is 12.4 Å². The molecular weight excluding hydrogens is 300 g/mol. The number of piperidine rings is 1. The summed E-state index contributed by atoms with van der Waals surface area (Å²) in [7, 11) is 0. The largest absolute Gasteiger partial charge is 0.337 e. The molecule has 3 heterocycles. The van der Waals surface area contributed by atoms with Crippen LogP contribution in [-0.4, -0.2) is 40.6 Å². The second-order valence-corrected chi connectivity index (χ2v) is 7.09. The number of amides is 1. The first kappa shape index (κ1) is 15.8. The van der Waals surface area contributed by atoms with Crippen molar-refractivity contribution in [3.05, 3.63) is 17.0 Å². The van der Waals surface area contributed by atoms with Gasteiger partial charge in [0.25, 0.3) is 5.91 Å². The minimum atomic E-state index is 0. The Hall–Kier alpha value is -1.07. The fraction of sp³-hybridized carbons (Fsp3) is 0.750. The fourth-order valence-electron chi connectivity index (χ4n) is 4.28. The van der Waals surface area contributed by atoms with Crippen molar-refractivity contribution in [2.45, 2.75) is 45.6 Å². The van der Waals surface area contributed by atoms with E-state index in [4.69, 9.17) is 0 Å². The molecule has 0 bridgehead atoms.